The Bertz CT molecular complexity index is 611. The van der Waals surface area contributed by atoms with Crippen LogP contribution in [0.25, 0.3) is 0 Å². The lowest BCUT2D eigenvalue weighted by atomic mass is 9.85. The molecule has 1 saturated carbocycles. The highest BCUT2D eigenvalue weighted by atomic mass is 35.5. The Morgan fingerprint density at radius 3 is 2.22 bits per heavy atom. The van der Waals surface area contributed by atoms with E-state index in [0.717, 1.165) is 17.8 Å². The number of rotatable bonds is 5. The summed E-state index contributed by atoms with van der Waals surface area (Å²) in [5.74, 6) is 0.636. The van der Waals surface area contributed by atoms with E-state index in [2.05, 4.69) is 16.0 Å². The SMILES string of the molecule is CN(C)CC(=O)Nc1ccc(NC(=O)C2CC3CCCCC3N2)cc1.Cl.Cl. The van der Waals surface area contributed by atoms with Gasteiger partial charge in [0.1, 0.15) is 0 Å². The van der Waals surface area contributed by atoms with E-state index in [4.69, 9.17) is 0 Å². The van der Waals surface area contributed by atoms with Gasteiger partial charge >= 0.3 is 0 Å². The maximum absolute atomic E-state index is 12.5. The molecule has 6 nitrogen and oxygen atoms in total. The number of fused-ring (bicyclic) bond motifs is 1. The lowest BCUT2D eigenvalue weighted by Gasteiger charge is -2.24. The standard InChI is InChI=1S/C19H28N4O2.2ClH/c1-23(2)12-18(24)20-14-7-9-15(10-8-14)21-19(25)17-11-13-5-3-4-6-16(13)22-17;;/h7-10,13,16-17,22H,3-6,11-12H2,1-2H3,(H,20,24)(H,21,25);2*1H. The van der Waals surface area contributed by atoms with Crippen LogP contribution in [0.3, 0.4) is 0 Å². The van der Waals surface area contributed by atoms with Crippen molar-refractivity contribution in [3.05, 3.63) is 24.3 Å². The van der Waals surface area contributed by atoms with Gasteiger partial charge in [0.25, 0.3) is 0 Å². The zero-order valence-electron chi connectivity index (χ0n) is 15.9. The Morgan fingerprint density at radius 1 is 1.04 bits per heavy atom. The predicted molar refractivity (Wildman–Crippen MR) is 114 cm³/mol. The molecule has 3 unspecified atom stereocenters. The van der Waals surface area contributed by atoms with Crippen molar-refractivity contribution in [2.75, 3.05) is 31.3 Å². The summed E-state index contributed by atoms with van der Waals surface area (Å²) in [5, 5.41) is 9.32. The van der Waals surface area contributed by atoms with E-state index < -0.39 is 0 Å². The van der Waals surface area contributed by atoms with Crippen molar-refractivity contribution in [1.82, 2.24) is 10.2 Å². The summed E-state index contributed by atoms with van der Waals surface area (Å²) in [6, 6.07) is 7.69. The molecule has 27 heavy (non-hydrogen) atoms. The number of benzene rings is 1. The van der Waals surface area contributed by atoms with Crippen LogP contribution in [0, 0.1) is 5.92 Å². The van der Waals surface area contributed by atoms with Gasteiger partial charge in [-0.1, -0.05) is 12.8 Å². The minimum Gasteiger partial charge on any atom is -0.325 e. The summed E-state index contributed by atoms with van der Waals surface area (Å²) >= 11 is 0. The highest BCUT2D eigenvalue weighted by molar-refractivity contribution is 5.96. The van der Waals surface area contributed by atoms with E-state index in [9.17, 15) is 9.59 Å². The van der Waals surface area contributed by atoms with Gasteiger partial charge in [-0.15, -0.1) is 24.8 Å². The second kappa shape index (κ2) is 10.9. The first kappa shape index (κ1) is 23.7. The van der Waals surface area contributed by atoms with Crippen LogP contribution >= 0.6 is 24.8 Å². The highest BCUT2D eigenvalue weighted by Gasteiger charge is 2.38. The van der Waals surface area contributed by atoms with Crippen LogP contribution in [0.15, 0.2) is 24.3 Å². The summed E-state index contributed by atoms with van der Waals surface area (Å²) in [6.07, 6.45) is 5.93. The molecule has 1 aliphatic heterocycles. The number of nitrogens with one attached hydrogen (secondary N) is 3. The molecule has 1 aliphatic carbocycles. The van der Waals surface area contributed by atoms with Gasteiger partial charge in [-0.2, -0.15) is 0 Å². The molecule has 3 rings (SSSR count). The van der Waals surface area contributed by atoms with Crippen molar-refractivity contribution in [1.29, 1.82) is 0 Å². The van der Waals surface area contributed by atoms with Crippen LogP contribution in [0.1, 0.15) is 32.1 Å². The van der Waals surface area contributed by atoms with Crippen molar-refractivity contribution in [2.24, 2.45) is 5.92 Å². The first-order chi connectivity index (χ1) is 12.0. The van der Waals surface area contributed by atoms with Crippen molar-refractivity contribution >= 4 is 48.0 Å². The zero-order valence-corrected chi connectivity index (χ0v) is 17.5. The second-order valence-electron chi connectivity index (χ2n) is 7.46. The molecular weight excluding hydrogens is 387 g/mol. The fraction of sp³-hybridized carbons (Fsp3) is 0.579. The van der Waals surface area contributed by atoms with E-state index in [0.29, 0.717) is 18.5 Å². The molecule has 0 aromatic heterocycles. The predicted octanol–water partition coefficient (Wildman–Crippen LogP) is 2.89. The normalized spacial score (nSPS) is 23.6. The van der Waals surface area contributed by atoms with Crippen molar-refractivity contribution in [3.63, 3.8) is 0 Å². The molecule has 0 radical (unpaired) electrons. The van der Waals surface area contributed by atoms with Crippen LogP contribution in [0.2, 0.25) is 0 Å². The van der Waals surface area contributed by atoms with Gasteiger partial charge in [0.15, 0.2) is 0 Å². The third-order valence-electron chi connectivity index (χ3n) is 5.08. The molecule has 3 N–H and O–H groups in total. The maximum Gasteiger partial charge on any atom is 0.241 e. The Morgan fingerprint density at radius 2 is 1.63 bits per heavy atom. The molecule has 2 fully saturated rings. The number of nitrogens with zero attached hydrogens (tertiary/aromatic N) is 1. The summed E-state index contributed by atoms with van der Waals surface area (Å²) in [7, 11) is 3.71. The summed E-state index contributed by atoms with van der Waals surface area (Å²) in [4.78, 5) is 26.1. The lowest BCUT2D eigenvalue weighted by Crippen LogP contribution is -2.39. The monoisotopic (exact) mass is 416 g/mol. The number of halogens is 2. The molecule has 2 aliphatic rings. The summed E-state index contributed by atoms with van der Waals surface area (Å²) in [5.41, 5.74) is 1.49. The third kappa shape index (κ3) is 6.64. The third-order valence-corrected chi connectivity index (χ3v) is 5.08. The van der Waals surface area contributed by atoms with E-state index >= 15 is 0 Å². The van der Waals surface area contributed by atoms with Gasteiger partial charge in [0, 0.05) is 17.4 Å². The molecule has 1 heterocycles. The Labute approximate surface area is 173 Å². The molecular formula is C19H30Cl2N4O2. The van der Waals surface area contributed by atoms with Gasteiger partial charge in [-0.25, -0.2) is 0 Å². The van der Waals surface area contributed by atoms with Crippen LogP contribution in [-0.2, 0) is 9.59 Å². The topological polar surface area (TPSA) is 73.5 Å². The van der Waals surface area contributed by atoms with Crippen molar-refractivity contribution in [2.45, 2.75) is 44.2 Å². The number of amides is 2. The molecule has 1 saturated heterocycles. The van der Waals surface area contributed by atoms with Gasteiger partial charge in [-0.3, -0.25) is 9.59 Å². The van der Waals surface area contributed by atoms with E-state index in [1.165, 1.54) is 25.7 Å². The molecule has 0 spiro atoms. The molecule has 0 bridgehead atoms. The second-order valence-corrected chi connectivity index (χ2v) is 7.46. The number of anilines is 2. The average Bonchev–Trinajstić information content (AvgIpc) is 3.00. The minimum atomic E-state index is -0.0902. The first-order valence-corrected chi connectivity index (χ1v) is 9.13. The Balaban J connectivity index is 0.00000182. The van der Waals surface area contributed by atoms with Gasteiger partial charge in [0.2, 0.25) is 11.8 Å². The van der Waals surface area contributed by atoms with Crippen LogP contribution in [-0.4, -0.2) is 49.4 Å². The molecule has 8 heteroatoms. The highest BCUT2D eigenvalue weighted by Crippen LogP contribution is 2.33. The number of carbonyl (C=O) groups excluding carboxylic acids is 2. The average molecular weight is 417 g/mol. The minimum absolute atomic E-state index is 0. The first-order valence-electron chi connectivity index (χ1n) is 9.13. The van der Waals surface area contributed by atoms with Crippen LogP contribution in [0.5, 0.6) is 0 Å². The Hall–Kier alpha value is -1.34. The van der Waals surface area contributed by atoms with Crippen molar-refractivity contribution in [3.8, 4) is 0 Å². The number of likely N-dealkylation sites (N-methyl/N-ethyl adjacent to an activating group) is 1. The Kier molecular flexibility index (Phi) is 9.53. The van der Waals surface area contributed by atoms with Crippen LogP contribution in [0.4, 0.5) is 11.4 Å². The van der Waals surface area contributed by atoms with Gasteiger partial charge < -0.3 is 20.9 Å². The zero-order chi connectivity index (χ0) is 17.8. The summed E-state index contributed by atoms with van der Waals surface area (Å²) in [6.45, 7) is 0.341. The van der Waals surface area contributed by atoms with Crippen molar-refractivity contribution < 1.29 is 9.59 Å². The van der Waals surface area contributed by atoms with E-state index in [1.54, 1.807) is 0 Å². The largest absolute Gasteiger partial charge is 0.325 e. The molecule has 152 valence electrons. The molecule has 2 amide bonds. The molecule has 1 aromatic carbocycles. The number of hydrogen-bond acceptors (Lipinski definition) is 4. The molecule has 3 atom stereocenters. The van der Waals surface area contributed by atoms with Crippen LogP contribution < -0.4 is 16.0 Å². The quantitative estimate of drug-likeness (QED) is 0.689. The van der Waals surface area contributed by atoms with E-state index in [-0.39, 0.29) is 42.7 Å². The summed E-state index contributed by atoms with van der Waals surface area (Å²) < 4.78 is 0. The van der Waals surface area contributed by atoms with E-state index in [1.807, 2.05) is 43.3 Å². The number of hydrogen-bond donors (Lipinski definition) is 3. The fourth-order valence-corrected chi connectivity index (χ4v) is 3.88. The van der Waals surface area contributed by atoms with Gasteiger partial charge in [0.05, 0.1) is 12.6 Å². The molecule has 1 aromatic rings. The fourth-order valence-electron chi connectivity index (χ4n) is 3.88. The lowest BCUT2D eigenvalue weighted by molar-refractivity contribution is -0.118. The smallest absolute Gasteiger partial charge is 0.241 e. The number of carbonyl (C=O) groups is 2. The maximum atomic E-state index is 12.5. The van der Waals surface area contributed by atoms with Gasteiger partial charge in [-0.05, 0) is 63.5 Å².